The maximum Gasteiger partial charge on any atom is 0.387 e. The lowest BCUT2D eigenvalue weighted by Crippen LogP contribution is -2.31. The van der Waals surface area contributed by atoms with Gasteiger partial charge in [-0.1, -0.05) is 0 Å². The number of hydrogen-bond donors (Lipinski definition) is 1. The number of carbonyl (C=O) groups excluding carboxylic acids is 1. The van der Waals surface area contributed by atoms with Crippen molar-refractivity contribution >= 4 is 5.91 Å². The highest BCUT2D eigenvalue weighted by Gasteiger charge is 2.35. The summed E-state index contributed by atoms with van der Waals surface area (Å²) in [6.45, 7) is -3.06. The SMILES string of the molecule is O=C(NC(c1ncccn1)C1CC1)c1ccc(OC(F)F)cc1F. The summed E-state index contributed by atoms with van der Waals surface area (Å²) in [6, 6.07) is 4.24. The van der Waals surface area contributed by atoms with Crippen molar-refractivity contribution < 1.29 is 22.7 Å². The fourth-order valence-electron chi connectivity index (χ4n) is 2.37. The van der Waals surface area contributed by atoms with Crippen LogP contribution in [0, 0.1) is 11.7 Å². The zero-order valence-electron chi connectivity index (χ0n) is 12.5. The van der Waals surface area contributed by atoms with Gasteiger partial charge in [-0.15, -0.1) is 0 Å². The molecule has 126 valence electrons. The third-order valence-electron chi connectivity index (χ3n) is 3.65. The molecule has 1 atom stereocenters. The third kappa shape index (κ3) is 3.81. The standard InChI is InChI=1S/C16H14F3N3O2/c17-12-8-10(24-16(18)19)4-5-11(12)15(23)22-13(9-2-3-9)14-20-6-1-7-21-14/h1,4-9,13,16H,2-3H2,(H,22,23). The van der Waals surface area contributed by atoms with Crippen molar-refractivity contribution in [3.8, 4) is 5.75 Å². The van der Waals surface area contributed by atoms with Gasteiger partial charge in [-0.2, -0.15) is 8.78 Å². The van der Waals surface area contributed by atoms with E-state index in [9.17, 15) is 18.0 Å². The summed E-state index contributed by atoms with van der Waals surface area (Å²) in [4.78, 5) is 20.6. The number of aromatic nitrogens is 2. The van der Waals surface area contributed by atoms with E-state index >= 15 is 0 Å². The van der Waals surface area contributed by atoms with Gasteiger partial charge in [0, 0.05) is 18.5 Å². The first-order valence-corrected chi connectivity index (χ1v) is 7.36. The molecule has 1 N–H and O–H groups in total. The number of ether oxygens (including phenoxy) is 1. The van der Waals surface area contributed by atoms with E-state index in [4.69, 9.17) is 0 Å². The lowest BCUT2D eigenvalue weighted by Gasteiger charge is -2.17. The van der Waals surface area contributed by atoms with Crippen LogP contribution in [0.3, 0.4) is 0 Å². The minimum atomic E-state index is -3.06. The Hall–Kier alpha value is -2.64. The van der Waals surface area contributed by atoms with Gasteiger partial charge in [0.2, 0.25) is 0 Å². The molecule has 1 aliphatic rings. The van der Waals surface area contributed by atoms with Gasteiger partial charge in [-0.3, -0.25) is 4.79 Å². The number of amides is 1. The monoisotopic (exact) mass is 337 g/mol. The molecule has 1 aliphatic carbocycles. The lowest BCUT2D eigenvalue weighted by molar-refractivity contribution is -0.0499. The second kappa shape index (κ2) is 6.86. The summed E-state index contributed by atoms with van der Waals surface area (Å²) in [6.07, 6.45) is 4.99. The average Bonchev–Trinajstić information content (AvgIpc) is 3.37. The number of benzene rings is 1. The van der Waals surface area contributed by atoms with E-state index in [1.54, 1.807) is 18.5 Å². The van der Waals surface area contributed by atoms with Crippen LogP contribution in [-0.2, 0) is 0 Å². The number of carbonyl (C=O) groups is 1. The molecular formula is C16H14F3N3O2. The van der Waals surface area contributed by atoms with Crippen LogP contribution in [0.2, 0.25) is 0 Å². The molecule has 1 heterocycles. The predicted molar refractivity (Wildman–Crippen MR) is 78.0 cm³/mol. The zero-order valence-corrected chi connectivity index (χ0v) is 12.5. The van der Waals surface area contributed by atoms with Gasteiger partial charge in [0.1, 0.15) is 11.6 Å². The van der Waals surface area contributed by atoms with E-state index in [1.807, 2.05) is 0 Å². The first-order valence-electron chi connectivity index (χ1n) is 7.36. The molecule has 3 rings (SSSR count). The largest absolute Gasteiger partial charge is 0.435 e. The van der Waals surface area contributed by atoms with Crippen molar-refractivity contribution in [1.29, 1.82) is 0 Å². The van der Waals surface area contributed by atoms with E-state index in [0.717, 1.165) is 31.0 Å². The summed E-state index contributed by atoms with van der Waals surface area (Å²) in [5.74, 6) is -1.26. The van der Waals surface area contributed by atoms with Crippen molar-refractivity contribution in [3.63, 3.8) is 0 Å². The Morgan fingerprint density at radius 2 is 1.96 bits per heavy atom. The molecule has 8 heteroatoms. The lowest BCUT2D eigenvalue weighted by atomic mass is 10.1. The summed E-state index contributed by atoms with van der Waals surface area (Å²) < 4.78 is 42.4. The van der Waals surface area contributed by atoms with Crippen molar-refractivity contribution in [2.75, 3.05) is 0 Å². The van der Waals surface area contributed by atoms with E-state index in [1.165, 1.54) is 0 Å². The molecule has 0 spiro atoms. The number of nitrogens with zero attached hydrogens (tertiary/aromatic N) is 2. The fourth-order valence-corrected chi connectivity index (χ4v) is 2.37. The van der Waals surface area contributed by atoms with Crippen molar-refractivity contribution in [1.82, 2.24) is 15.3 Å². The minimum absolute atomic E-state index is 0.209. The van der Waals surface area contributed by atoms with Gasteiger partial charge in [0.05, 0.1) is 11.6 Å². The second-order valence-electron chi connectivity index (χ2n) is 5.42. The van der Waals surface area contributed by atoms with Crippen LogP contribution in [0.25, 0.3) is 0 Å². The number of halogens is 3. The van der Waals surface area contributed by atoms with Crippen LogP contribution < -0.4 is 10.1 Å². The molecule has 0 radical (unpaired) electrons. The van der Waals surface area contributed by atoms with Crippen molar-refractivity contribution in [2.45, 2.75) is 25.5 Å². The van der Waals surface area contributed by atoms with Crippen LogP contribution >= 0.6 is 0 Å². The average molecular weight is 337 g/mol. The molecule has 0 aliphatic heterocycles. The normalized spacial score (nSPS) is 15.2. The highest BCUT2D eigenvalue weighted by atomic mass is 19.3. The Bertz CT molecular complexity index is 724. The maximum atomic E-state index is 14.0. The van der Waals surface area contributed by atoms with Crippen LogP contribution in [0.15, 0.2) is 36.7 Å². The molecule has 2 aromatic rings. The van der Waals surface area contributed by atoms with Crippen molar-refractivity contribution in [3.05, 3.63) is 53.9 Å². The van der Waals surface area contributed by atoms with Crippen LogP contribution in [0.5, 0.6) is 5.75 Å². The molecule has 1 aromatic heterocycles. The van der Waals surface area contributed by atoms with E-state index in [0.29, 0.717) is 5.82 Å². The van der Waals surface area contributed by atoms with E-state index in [2.05, 4.69) is 20.0 Å². The maximum absolute atomic E-state index is 14.0. The molecular weight excluding hydrogens is 323 g/mol. The molecule has 1 unspecified atom stereocenters. The Balaban J connectivity index is 1.76. The Morgan fingerprint density at radius 1 is 1.25 bits per heavy atom. The number of rotatable bonds is 6. The minimum Gasteiger partial charge on any atom is -0.435 e. The van der Waals surface area contributed by atoms with Gasteiger partial charge in [-0.05, 0) is 37.0 Å². The number of nitrogens with one attached hydrogen (secondary N) is 1. The zero-order chi connectivity index (χ0) is 17.1. The number of hydrogen-bond acceptors (Lipinski definition) is 4. The van der Waals surface area contributed by atoms with Gasteiger partial charge in [0.15, 0.2) is 5.82 Å². The summed E-state index contributed by atoms with van der Waals surface area (Å²) in [5.41, 5.74) is -0.252. The third-order valence-corrected chi connectivity index (χ3v) is 3.65. The first kappa shape index (κ1) is 16.2. The molecule has 1 saturated carbocycles. The molecule has 0 saturated heterocycles. The van der Waals surface area contributed by atoms with Crippen molar-refractivity contribution in [2.24, 2.45) is 5.92 Å². The summed E-state index contributed by atoms with van der Waals surface area (Å²) in [5, 5.41) is 2.72. The second-order valence-corrected chi connectivity index (χ2v) is 5.42. The van der Waals surface area contributed by atoms with E-state index < -0.39 is 24.4 Å². The molecule has 0 bridgehead atoms. The van der Waals surface area contributed by atoms with Gasteiger partial charge < -0.3 is 10.1 Å². The summed E-state index contributed by atoms with van der Waals surface area (Å²) >= 11 is 0. The van der Waals surface area contributed by atoms with E-state index in [-0.39, 0.29) is 17.2 Å². The highest BCUT2D eigenvalue weighted by Crippen LogP contribution is 2.40. The fraction of sp³-hybridized carbons (Fsp3) is 0.312. The van der Waals surface area contributed by atoms with Crippen LogP contribution in [0.4, 0.5) is 13.2 Å². The highest BCUT2D eigenvalue weighted by molar-refractivity contribution is 5.94. The number of alkyl halides is 2. The predicted octanol–water partition coefficient (Wildman–Crippen LogP) is 3.10. The summed E-state index contributed by atoms with van der Waals surface area (Å²) in [7, 11) is 0. The molecule has 1 aromatic carbocycles. The molecule has 1 fully saturated rings. The van der Waals surface area contributed by atoms with Gasteiger partial charge in [-0.25, -0.2) is 14.4 Å². The smallest absolute Gasteiger partial charge is 0.387 e. The Labute approximate surface area is 135 Å². The van der Waals surface area contributed by atoms with Crippen LogP contribution in [0.1, 0.15) is 35.1 Å². The molecule has 24 heavy (non-hydrogen) atoms. The van der Waals surface area contributed by atoms with Gasteiger partial charge >= 0.3 is 6.61 Å². The quantitative estimate of drug-likeness (QED) is 0.880. The van der Waals surface area contributed by atoms with Gasteiger partial charge in [0.25, 0.3) is 5.91 Å². The Kier molecular flexibility index (Phi) is 4.64. The molecule has 5 nitrogen and oxygen atoms in total. The Morgan fingerprint density at radius 3 is 2.54 bits per heavy atom. The van der Waals surface area contributed by atoms with Crippen LogP contribution in [-0.4, -0.2) is 22.5 Å². The topological polar surface area (TPSA) is 64.1 Å². The molecule has 1 amide bonds. The first-order chi connectivity index (χ1) is 11.5.